The van der Waals surface area contributed by atoms with Crippen molar-refractivity contribution in [1.29, 1.82) is 0 Å². The highest BCUT2D eigenvalue weighted by atomic mass is 35.5. The molecule has 140 valence electrons. The van der Waals surface area contributed by atoms with E-state index in [1.165, 1.54) is 0 Å². The molecule has 27 heavy (non-hydrogen) atoms. The average Bonchev–Trinajstić information content (AvgIpc) is 2.60. The highest BCUT2D eigenvalue weighted by Gasteiger charge is 2.68. The van der Waals surface area contributed by atoms with Crippen molar-refractivity contribution >= 4 is 23.3 Å². The molecule has 2 bridgehead atoms. The first kappa shape index (κ1) is 17.9. The summed E-state index contributed by atoms with van der Waals surface area (Å²) in [4.78, 5) is 32.4. The van der Waals surface area contributed by atoms with Crippen molar-refractivity contribution in [3.63, 3.8) is 0 Å². The van der Waals surface area contributed by atoms with Crippen LogP contribution in [-0.2, 0) is 4.79 Å². The van der Waals surface area contributed by atoms with E-state index in [9.17, 15) is 9.59 Å². The summed E-state index contributed by atoms with van der Waals surface area (Å²) in [7, 11) is 0. The number of aromatic nitrogens is 2. The van der Waals surface area contributed by atoms with E-state index in [2.05, 4.69) is 15.3 Å². The van der Waals surface area contributed by atoms with E-state index in [-0.39, 0.29) is 35.1 Å². The molecule has 0 atom stereocenters. The predicted octanol–water partition coefficient (Wildman–Crippen LogP) is 3.13. The number of ether oxygens (including phenoxy) is 1. The van der Waals surface area contributed by atoms with E-state index in [1.54, 1.807) is 30.6 Å². The van der Waals surface area contributed by atoms with Crippen LogP contribution in [0.3, 0.4) is 0 Å². The number of carbonyl (C=O) groups is 2. The topological polar surface area (TPSA) is 81.2 Å². The number of nitrogens with zero attached hydrogens (tertiary/aromatic N) is 2. The Morgan fingerprint density at radius 2 is 1.93 bits per heavy atom. The van der Waals surface area contributed by atoms with Crippen LogP contribution in [0.5, 0.6) is 5.75 Å². The van der Waals surface area contributed by atoms with Gasteiger partial charge in [-0.2, -0.15) is 0 Å². The van der Waals surface area contributed by atoms with Gasteiger partial charge in [-0.15, -0.1) is 0 Å². The number of aryl methyl sites for hydroxylation is 1. The number of rotatable bonds is 7. The van der Waals surface area contributed by atoms with Gasteiger partial charge in [0.25, 0.3) is 5.91 Å². The van der Waals surface area contributed by atoms with Crippen LogP contribution in [0.1, 0.15) is 41.9 Å². The van der Waals surface area contributed by atoms with E-state index >= 15 is 0 Å². The monoisotopic (exact) mass is 385 g/mol. The quantitative estimate of drug-likeness (QED) is 0.791. The van der Waals surface area contributed by atoms with Gasteiger partial charge in [-0.25, -0.2) is 9.97 Å². The molecule has 3 saturated carbocycles. The summed E-state index contributed by atoms with van der Waals surface area (Å²) in [5.74, 6) is 0.652. The molecule has 1 aromatic heterocycles. The average molecular weight is 386 g/mol. The molecule has 0 radical (unpaired) electrons. The van der Waals surface area contributed by atoms with Crippen molar-refractivity contribution in [2.24, 2.45) is 5.41 Å². The lowest BCUT2D eigenvalue weighted by molar-refractivity contribution is -0.162. The molecule has 0 saturated heterocycles. The highest BCUT2D eigenvalue weighted by Crippen LogP contribution is 2.69. The summed E-state index contributed by atoms with van der Waals surface area (Å²) in [6, 6.07) is 7.03. The Labute approximate surface area is 162 Å². The zero-order valence-corrected chi connectivity index (χ0v) is 15.8. The van der Waals surface area contributed by atoms with Crippen LogP contribution in [0.25, 0.3) is 0 Å². The summed E-state index contributed by atoms with van der Waals surface area (Å²) < 4.78 is 5.59. The molecule has 2 aromatic rings. The van der Waals surface area contributed by atoms with Gasteiger partial charge in [0, 0.05) is 29.4 Å². The second-order valence-electron chi connectivity index (χ2n) is 7.75. The Balaban J connectivity index is 1.24. The molecule has 7 heteroatoms. The summed E-state index contributed by atoms with van der Waals surface area (Å²) in [6.45, 7) is 1.95. The number of nitrogens with one attached hydrogen (secondary N) is 1. The second kappa shape index (κ2) is 6.60. The van der Waals surface area contributed by atoms with E-state index in [1.807, 2.05) is 13.0 Å². The van der Waals surface area contributed by atoms with Gasteiger partial charge in [-0.3, -0.25) is 9.59 Å². The molecule has 5 rings (SSSR count). The van der Waals surface area contributed by atoms with Crippen LogP contribution < -0.4 is 10.1 Å². The Morgan fingerprint density at radius 3 is 2.59 bits per heavy atom. The lowest BCUT2D eigenvalue weighted by atomic mass is 9.38. The number of carbonyl (C=O) groups excluding carboxylic acids is 2. The number of hydrogen-bond acceptors (Lipinski definition) is 5. The van der Waals surface area contributed by atoms with Crippen molar-refractivity contribution in [2.75, 3.05) is 6.61 Å². The fourth-order valence-corrected chi connectivity index (χ4v) is 4.49. The van der Waals surface area contributed by atoms with E-state index in [0.29, 0.717) is 17.2 Å². The molecule has 0 aliphatic heterocycles. The summed E-state index contributed by atoms with van der Waals surface area (Å²) in [5, 5.41) is 3.70. The van der Waals surface area contributed by atoms with Gasteiger partial charge in [0.05, 0.1) is 0 Å². The molecule has 1 N–H and O–H groups in total. The SMILES string of the molecule is Cc1cc(OCC(=O)CC23CC(NC(=O)c4ncccn4)(C2)C3)ccc1Cl. The lowest BCUT2D eigenvalue weighted by Gasteiger charge is -2.70. The molecule has 1 heterocycles. The van der Waals surface area contributed by atoms with Crippen molar-refractivity contribution in [1.82, 2.24) is 15.3 Å². The molecule has 3 aliphatic rings. The standard InChI is InChI=1S/C20H20ClN3O3/c1-13-7-15(3-4-16(13)21)27-9-14(25)8-19-10-20(11-19,12-19)24-18(26)17-22-5-2-6-23-17/h2-7H,8-12H2,1H3,(H,24,26). The van der Waals surface area contributed by atoms with E-state index in [0.717, 1.165) is 24.8 Å². The maximum atomic E-state index is 12.3. The summed E-state index contributed by atoms with van der Waals surface area (Å²) in [5.41, 5.74) is 0.743. The van der Waals surface area contributed by atoms with Gasteiger partial charge in [0.2, 0.25) is 5.82 Å². The predicted molar refractivity (Wildman–Crippen MR) is 99.8 cm³/mol. The molecule has 3 aliphatic carbocycles. The van der Waals surface area contributed by atoms with Crippen LogP contribution in [0.4, 0.5) is 0 Å². The van der Waals surface area contributed by atoms with Crippen LogP contribution in [0, 0.1) is 12.3 Å². The van der Waals surface area contributed by atoms with Crippen molar-refractivity contribution < 1.29 is 14.3 Å². The normalized spacial score (nSPS) is 25.1. The third-order valence-electron chi connectivity index (χ3n) is 5.39. The maximum absolute atomic E-state index is 12.3. The van der Waals surface area contributed by atoms with Crippen molar-refractivity contribution in [2.45, 2.75) is 38.1 Å². The molecular weight excluding hydrogens is 366 g/mol. The fraction of sp³-hybridized carbons (Fsp3) is 0.400. The zero-order chi connectivity index (χ0) is 19.1. The van der Waals surface area contributed by atoms with Crippen LogP contribution in [0.15, 0.2) is 36.7 Å². The Hall–Kier alpha value is -2.47. The van der Waals surface area contributed by atoms with Crippen LogP contribution >= 0.6 is 11.6 Å². The van der Waals surface area contributed by atoms with Gasteiger partial charge in [-0.05, 0) is 61.4 Å². The molecule has 0 spiro atoms. The number of benzene rings is 1. The van der Waals surface area contributed by atoms with Crippen LogP contribution in [0.2, 0.25) is 5.02 Å². The Kier molecular flexibility index (Phi) is 4.38. The second-order valence-corrected chi connectivity index (χ2v) is 8.16. The number of Topliss-reactive ketones (excluding diaryl/α,β-unsaturated/α-hetero) is 1. The van der Waals surface area contributed by atoms with Gasteiger partial charge in [0.1, 0.15) is 12.4 Å². The largest absolute Gasteiger partial charge is 0.486 e. The third-order valence-corrected chi connectivity index (χ3v) is 5.81. The van der Waals surface area contributed by atoms with Gasteiger partial charge in [0.15, 0.2) is 5.78 Å². The minimum absolute atomic E-state index is 0.0151. The number of hydrogen-bond donors (Lipinski definition) is 1. The zero-order valence-electron chi connectivity index (χ0n) is 15.0. The minimum Gasteiger partial charge on any atom is -0.486 e. The molecular formula is C20H20ClN3O3. The highest BCUT2D eigenvalue weighted by molar-refractivity contribution is 6.31. The van der Waals surface area contributed by atoms with Gasteiger partial charge in [-0.1, -0.05) is 11.6 Å². The first-order chi connectivity index (χ1) is 12.9. The molecule has 6 nitrogen and oxygen atoms in total. The molecule has 1 amide bonds. The van der Waals surface area contributed by atoms with Crippen LogP contribution in [-0.4, -0.2) is 33.8 Å². The number of amides is 1. The fourth-order valence-electron chi connectivity index (χ4n) is 4.37. The molecule has 3 fully saturated rings. The number of halogens is 1. The third kappa shape index (κ3) is 3.54. The minimum atomic E-state index is -0.253. The summed E-state index contributed by atoms with van der Waals surface area (Å²) >= 11 is 5.99. The smallest absolute Gasteiger partial charge is 0.289 e. The van der Waals surface area contributed by atoms with E-state index in [4.69, 9.17) is 16.3 Å². The maximum Gasteiger partial charge on any atom is 0.289 e. The first-order valence-electron chi connectivity index (χ1n) is 8.89. The Morgan fingerprint density at radius 1 is 1.22 bits per heavy atom. The van der Waals surface area contributed by atoms with Gasteiger partial charge < -0.3 is 10.1 Å². The lowest BCUT2D eigenvalue weighted by Crippen LogP contribution is -2.75. The van der Waals surface area contributed by atoms with Crippen molar-refractivity contribution in [3.05, 3.63) is 53.1 Å². The molecule has 1 aromatic carbocycles. The first-order valence-corrected chi connectivity index (χ1v) is 9.27. The summed E-state index contributed by atoms with van der Waals surface area (Å²) in [6.07, 6.45) is 6.05. The molecule has 0 unspecified atom stereocenters. The Bertz CT molecular complexity index is 881. The van der Waals surface area contributed by atoms with Crippen molar-refractivity contribution in [3.8, 4) is 5.75 Å². The van der Waals surface area contributed by atoms with E-state index < -0.39 is 0 Å². The number of ketones is 1. The van der Waals surface area contributed by atoms with Gasteiger partial charge >= 0.3 is 0 Å².